The van der Waals surface area contributed by atoms with Gasteiger partial charge < -0.3 is 19.4 Å². The van der Waals surface area contributed by atoms with Gasteiger partial charge >= 0.3 is 0 Å². The largest absolute Gasteiger partial charge is 0.454 e. The number of anilines is 1. The zero-order chi connectivity index (χ0) is 18.8. The molecule has 4 heterocycles. The van der Waals surface area contributed by atoms with E-state index >= 15 is 0 Å². The Labute approximate surface area is 164 Å². The molecule has 0 radical (unpaired) electrons. The van der Waals surface area contributed by atoms with Crippen molar-refractivity contribution < 1.29 is 9.47 Å². The predicted octanol–water partition coefficient (Wildman–Crippen LogP) is 3.68. The third-order valence-electron chi connectivity index (χ3n) is 5.36. The second kappa shape index (κ2) is 7.56. The molecule has 0 unspecified atom stereocenters. The molecular formula is C22H24N4O2. The number of aromatic nitrogens is 2. The molecule has 0 amide bonds. The summed E-state index contributed by atoms with van der Waals surface area (Å²) in [7, 11) is 0. The first-order chi connectivity index (χ1) is 13.8. The van der Waals surface area contributed by atoms with Crippen LogP contribution in [0.4, 0.5) is 5.69 Å². The first-order valence-corrected chi connectivity index (χ1v) is 9.81. The van der Waals surface area contributed by atoms with Gasteiger partial charge in [0.25, 0.3) is 0 Å². The molecule has 1 N–H and O–H groups in total. The van der Waals surface area contributed by atoms with Crippen LogP contribution in [0.25, 0.3) is 5.82 Å². The van der Waals surface area contributed by atoms with Crippen LogP contribution in [0.15, 0.2) is 60.9 Å². The molecule has 2 aliphatic rings. The Morgan fingerprint density at radius 1 is 1.07 bits per heavy atom. The lowest BCUT2D eigenvalue weighted by atomic mass is 10.0. The maximum atomic E-state index is 5.49. The molecule has 6 heteroatoms. The molecule has 2 aliphatic heterocycles. The van der Waals surface area contributed by atoms with Gasteiger partial charge in [-0.25, -0.2) is 4.98 Å². The van der Waals surface area contributed by atoms with Crippen LogP contribution in [0, 0.1) is 0 Å². The Bertz CT molecular complexity index is 941. The number of hydrogen-bond donors (Lipinski definition) is 1. The van der Waals surface area contributed by atoms with Crippen LogP contribution < -0.4 is 14.8 Å². The molecule has 0 aliphatic carbocycles. The van der Waals surface area contributed by atoms with E-state index < -0.39 is 0 Å². The van der Waals surface area contributed by atoms with Gasteiger partial charge in [0.05, 0.1) is 0 Å². The predicted molar refractivity (Wildman–Crippen MR) is 108 cm³/mol. The fourth-order valence-corrected chi connectivity index (χ4v) is 4.03. The Balaban J connectivity index is 1.25. The van der Waals surface area contributed by atoms with Crippen LogP contribution in [0.2, 0.25) is 0 Å². The number of pyridine rings is 1. The summed E-state index contributed by atoms with van der Waals surface area (Å²) in [6.07, 6.45) is 6.29. The van der Waals surface area contributed by atoms with Crippen LogP contribution in [-0.4, -0.2) is 40.4 Å². The lowest BCUT2D eigenvalue weighted by Gasteiger charge is -2.33. The highest BCUT2D eigenvalue weighted by Gasteiger charge is 2.22. The zero-order valence-electron chi connectivity index (χ0n) is 15.8. The monoisotopic (exact) mass is 376 g/mol. The number of likely N-dealkylation sites (tertiary alicyclic amines) is 1. The van der Waals surface area contributed by atoms with Crippen molar-refractivity contribution in [3.8, 4) is 17.3 Å². The quantitative estimate of drug-likeness (QED) is 0.736. The number of piperidine rings is 1. The molecule has 1 fully saturated rings. The van der Waals surface area contributed by atoms with Gasteiger partial charge in [0.15, 0.2) is 11.5 Å². The van der Waals surface area contributed by atoms with Crippen LogP contribution in [0.5, 0.6) is 11.5 Å². The summed E-state index contributed by atoms with van der Waals surface area (Å²) in [4.78, 5) is 7.00. The normalized spacial score (nSPS) is 18.9. The summed E-state index contributed by atoms with van der Waals surface area (Å²) >= 11 is 0. The molecular weight excluding hydrogens is 352 g/mol. The number of benzene rings is 1. The zero-order valence-corrected chi connectivity index (χ0v) is 15.8. The van der Waals surface area contributed by atoms with Crippen molar-refractivity contribution in [1.82, 2.24) is 14.5 Å². The topological polar surface area (TPSA) is 51.5 Å². The van der Waals surface area contributed by atoms with E-state index in [-0.39, 0.29) is 0 Å². The average molecular weight is 376 g/mol. The Morgan fingerprint density at radius 2 is 2.04 bits per heavy atom. The third-order valence-corrected chi connectivity index (χ3v) is 5.36. The van der Waals surface area contributed by atoms with Gasteiger partial charge in [-0.05, 0) is 55.8 Å². The van der Waals surface area contributed by atoms with E-state index in [1.807, 2.05) is 36.5 Å². The van der Waals surface area contributed by atoms with E-state index in [4.69, 9.17) is 9.47 Å². The van der Waals surface area contributed by atoms with Crippen molar-refractivity contribution in [3.63, 3.8) is 0 Å². The molecule has 1 atom stereocenters. The highest BCUT2D eigenvalue weighted by molar-refractivity contribution is 5.56. The first kappa shape index (κ1) is 17.1. The molecule has 1 saturated heterocycles. The maximum Gasteiger partial charge on any atom is 0.231 e. The summed E-state index contributed by atoms with van der Waals surface area (Å²) in [5, 5.41) is 3.67. The maximum absolute atomic E-state index is 5.49. The molecule has 3 aromatic rings. The Kier molecular flexibility index (Phi) is 4.62. The number of nitrogens with one attached hydrogen (secondary N) is 1. The summed E-state index contributed by atoms with van der Waals surface area (Å²) in [6.45, 7) is 3.36. The Hall–Kier alpha value is -2.99. The van der Waals surface area contributed by atoms with E-state index in [1.165, 1.54) is 18.5 Å². The number of nitrogens with zero attached hydrogens (tertiary/aromatic N) is 3. The first-order valence-electron chi connectivity index (χ1n) is 9.81. The van der Waals surface area contributed by atoms with Crippen LogP contribution >= 0.6 is 0 Å². The van der Waals surface area contributed by atoms with E-state index in [1.54, 1.807) is 0 Å². The molecule has 28 heavy (non-hydrogen) atoms. The second-order valence-corrected chi connectivity index (χ2v) is 7.34. The minimum atomic E-state index is 0.311. The van der Waals surface area contributed by atoms with Gasteiger partial charge in [-0.15, -0.1) is 0 Å². The number of ether oxygens (including phenoxy) is 2. The average Bonchev–Trinajstić information content (AvgIpc) is 3.38. The van der Waals surface area contributed by atoms with Crippen molar-refractivity contribution in [1.29, 1.82) is 0 Å². The highest BCUT2D eigenvalue weighted by atomic mass is 16.7. The summed E-state index contributed by atoms with van der Waals surface area (Å²) in [5.74, 6) is 2.62. The second-order valence-electron chi connectivity index (χ2n) is 7.34. The molecule has 144 valence electrons. The molecule has 0 bridgehead atoms. The van der Waals surface area contributed by atoms with Crippen LogP contribution in [-0.2, 0) is 6.54 Å². The van der Waals surface area contributed by atoms with Gasteiger partial charge in [-0.2, -0.15) is 0 Å². The summed E-state index contributed by atoms with van der Waals surface area (Å²) < 4.78 is 13.1. The number of rotatable bonds is 5. The fourth-order valence-electron chi connectivity index (χ4n) is 4.03. The van der Waals surface area contributed by atoms with E-state index in [0.29, 0.717) is 12.8 Å². The van der Waals surface area contributed by atoms with Crippen LogP contribution in [0.1, 0.15) is 18.5 Å². The van der Waals surface area contributed by atoms with Crippen LogP contribution in [0.3, 0.4) is 0 Å². The molecule has 1 aromatic carbocycles. The Morgan fingerprint density at radius 3 is 2.96 bits per heavy atom. The van der Waals surface area contributed by atoms with Gasteiger partial charge in [0.1, 0.15) is 5.82 Å². The van der Waals surface area contributed by atoms with Gasteiger partial charge in [0, 0.05) is 49.0 Å². The summed E-state index contributed by atoms with van der Waals surface area (Å²) in [6, 6.07) is 16.8. The number of fused-ring (bicyclic) bond motifs is 1. The highest BCUT2D eigenvalue weighted by Crippen LogP contribution is 2.34. The third kappa shape index (κ3) is 3.55. The smallest absolute Gasteiger partial charge is 0.231 e. The number of hydrogen-bond acceptors (Lipinski definition) is 5. The van der Waals surface area contributed by atoms with Crippen molar-refractivity contribution in [2.45, 2.75) is 25.4 Å². The summed E-state index contributed by atoms with van der Waals surface area (Å²) in [5.41, 5.74) is 2.36. The van der Waals surface area contributed by atoms with Crippen molar-refractivity contribution in [2.75, 3.05) is 25.2 Å². The lowest BCUT2D eigenvalue weighted by Crippen LogP contribution is -2.41. The molecule has 0 spiro atoms. The van der Waals surface area contributed by atoms with Crippen molar-refractivity contribution in [2.24, 2.45) is 0 Å². The molecule has 0 saturated carbocycles. The van der Waals surface area contributed by atoms with E-state index in [9.17, 15) is 0 Å². The van der Waals surface area contributed by atoms with Gasteiger partial charge in [0.2, 0.25) is 6.79 Å². The van der Waals surface area contributed by atoms with Crippen molar-refractivity contribution in [3.05, 3.63) is 66.6 Å². The fraction of sp³-hybridized carbons (Fsp3) is 0.318. The minimum Gasteiger partial charge on any atom is -0.454 e. The SMILES string of the molecule is c1ccc(-n2cccc2CN2CCC[C@@H](Nc3ccc4c(c3)OCO4)C2)nc1. The lowest BCUT2D eigenvalue weighted by molar-refractivity contribution is 0.174. The minimum absolute atomic E-state index is 0.311. The van der Waals surface area contributed by atoms with Gasteiger partial charge in [-0.3, -0.25) is 4.90 Å². The molecule has 5 rings (SSSR count). The van der Waals surface area contributed by atoms with E-state index in [0.717, 1.165) is 42.6 Å². The van der Waals surface area contributed by atoms with Crippen molar-refractivity contribution >= 4 is 5.69 Å². The molecule has 2 aromatic heterocycles. The van der Waals surface area contributed by atoms with Gasteiger partial charge in [-0.1, -0.05) is 6.07 Å². The van der Waals surface area contributed by atoms with E-state index in [2.05, 4.69) is 44.2 Å². The standard InChI is InChI=1S/C22H24N4O2/c1-2-10-23-22(7-1)26-12-4-6-19(26)15-25-11-3-5-18(14-25)24-17-8-9-20-21(13-17)28-16-27-20/h1-2,4,6-10,12-13,18,24H,3,5,11,14-16H2/t18-/m1/s1. The molecule has 6 nitrogen and oxygen atoms in total.